The Hall–Kier alpha value is -2.53. The van der Waals surface area contributed by atoms with Crippen molar-refractivity contribution in [1.29, 1.82) is 0 Å². The summed E-state index contributed by atoms with van der Waals surface area (Å²) in [5.74, 6) is 0.212. The van der Waals surface area contributed by atoms with E-state index in [0.717, 1.165) is 29.0 Å². The van der Waals surface area contributed by atoms with Crippen molar-refractivity contribution in [1.82, 2.24) is 10.2 Å². The average Bonchev–Trinajstić information content (AvgIpc) is 3.11. The third-order valence-electron chi connectivity index (χ3n) is 4.06. The maximum Gasteiger partial charge on any atom is 0.257 e. The monoisotopic (exact) mass is 351 g/mol. The summed E-state index contributed by atoms with van der Waals surface area (Å²) < 4.78 is 0. The number of hydrogen-bond donors (Lipinski definition) is 1. The maximum atomic E-state index is 12.4. The van der Waals surface area contributed by atoms with Gasteiger partial charge < -0.3 is 0 Å². The van der Waals surface area contributed by atoms with Crippen molar-refractivity contribution >= 4 is 22.4 Å². The molecule has 1 amide bonds. The number of anilines is 1. The molecule has 1 aromatic heterocycles. The summed E-state index contributed by atoms with van der Waals surface area (Å²) >= 11 is 1.45. The van der Waals surface area contributed by atoms with E-state index in [-0.39, 0.29) is 5.91 Å². The molecule has 0 unspecified atom stereocenters. The minimum absolute atomic E-state index is 0.162. The van der Waals surface area contributed by atoms with Crippen molar-refractivity contribution in [3.05, 3.63) is 65.2 Å². The Balaban J connectivity index is 1.67. The molecule has 0 bridgehead atoms. The molecule has 3 aromatic rings. The van der Waals surface area contributed by atoms with Crippen LogP contribution in [0.5, 0.6) is 0 Å². The summed E-state index contributed by atoms with van der Waals surface area (Å²) in [7, 11) is 0. The average molecular weight is 351 g/mol. The van der Waals surface area contributed by atoms with Crippen LogP contribution in [0.4, 0.5) is 5.13 Å². The van der Waals surface area contributed by atoms with Gasteiger partial charge in [0.2, 0.25) is 5.13 Å². The summed E-state index contributed by atoms with van der Waals surface area (Å²) in [6, 6.07) is 17.7. The van der Waals surface area contributed by atoms with Crippen molar-refractivity contribution in [2.24, 2.45) is 0 Å². The molecule has 1 atom stereocenters. The van der Waals surface area contributed by atoms with Crippen LogP contribution in [0.3, 0.4) is 0 Å². The van der Waals surface area contributed by atoms with Gasteiger partial charge in [-0.3, -0.25) is 10.1 Å². The van der Waals surface area contributed by atoms with E-state index in [1.165, 1.54) is 11.3 Å². The Morgan fingerprint density at radius 1 is 1.04 bits per heavy atom. The van der Waals surface area contributed by atoms with E-state index >= 15 is 0 Å². The highest BCUT2D eigenvalue weighted by Gasteiger charge is 2.14. The zero-order valence-corrected chi connectivity index (χ0v) is 15.2. The molecule has 0 aliphatic rings. The summed E-state index contributed by atoms with van der Waals surface area (Å²) in [5.41, 5.74) is 2.83. The van der Waals surface area contributed by atoms with E-state index < -0.39 is 0 Å². The predicted molar refractivity (Wildman–Crippen MR) is 103 cm³/mol. The van der Waals surface area contributed by atoms with Crippen LogP contribution >= 0.6 is 11.3 Å². The van der Waals surface area contributed by atoms with Gasteiger partial charge in [-0.1, -0.05) is 74.1 Å². The number of carbonyl (C=O) groups excluding carboxylic acids is 1. The van der Waals surface area contributed by atoms with Crippen LogP contribution in [0.25, 0.3) is 11.1 Å². The van der Waals surface area contributed by atoms with Crippen LogP contribution in [0.2, 0.25) is 0 Å². The van der Waals surface area contributed by atoms with Gasteiger partial charge in [0.15, 0.2) is 0 Å². The minimum Gasteiger partial charge on any atom is -0.296 e. The fourth-order valence-electron chi connectivity index (χ4n) is 2.65. The molecule has 0 spiro atoms. The van der Waals surface area contributed by atoms with Crippen LogP contribution in [-0.4, -0.2) is 16.1 Å². The molecule has 5 heteroatoms. The number of nitrogens with one attached hydrogen (secondary N) is 1. The van der Waals surface area contributed by atoms with Crippen molar-refractivity contribution in [2.45, 2.75) is 32.6 Å². The second kappa shape index (κ2) is 8.03. The van der Waals surface area contributed by atoms with Crippen molar-refractivity contribution in [3.63, 3.8) is 0 Å². The van der Waals surface area contributed by atoms with Gasteiger partial charge in [-0.05, 0) is 29.7 Å². The minimum atomic E-state index is -0.162. The number of aromatic nitrogens is 2. The summed E-state index contributed by atoms with van der Waals surface area (Å²) in [5, 5.41) is 12.6. The van der Waals surface area contributed by atoms with Crippen LogP contribution in [-0.2, 0) is 0 Å². The molecule has 0 aliphatic carbocycles. The van der Waals surface area contributed by atoms with E-state index in [9.17, 15) is 4.79 Å². The number of benzene rings is 2. The van der Waals surface area contributed by atoms with Gasteiger partial charge in [0.1, 0.15) is 5.01 Å². The lowest BCUT2D eigenvalue weighted by Crippen LogP contribution is -2.11. The molecule has 2 aromatic carbocycles. The lowest BCUT2D eigenvalue weighted by atomic mass is 10.0. The lowest BCUT2D eigenvalue weighted by molar-refractivity contribution is 0.102. The molecule has 25 heavy (non-hydrogen) atoms. The number of amides is 1. The number of carbonyl (C=O) groups is 1. The van der Waals surface area contributed by atoms with Crippen LogP contribution in [0.15, 0.2) is 54.6 Å². The highest BCUT2D eigenvalue weighted by Crippen LogP contribution is 2.26. The Morgan fingerprint density at radius 2 is 1.72 bits per heavy atom. The number of rotatable bonds is 6. The predicted octanol–water partition coefficient (Wildman–Crippen LogP) is 5.36. The normalized spacial score (nSPS) is 11.9. The molecule has 0 fully saturated rings. The third kappa shape index (κ3) is 4.31. The number of nitrogens with zero attached hydrogens (tertiary/aromatic N) is 2. The largest absolute Gasteiger partial charge is 0.296 e. The number of hydrogen-bond acceptors (Lipinski definition) is 4. The molecule has 0 saturated heterocycles. The van der Waals surface area contributed by atoms with Crippen LogP contribution < -0.4 is 5.32 Å². The second-order valence-corrected chi connectivity index (χ2v) is 7.04. The zero-order chi connectivity index (χ0) is 17.6. The standard InChI is InChI=1S/C20H21N3OS/c1-3-7-14(2)19-22-23-20(25-19)21-18(24)17-12-10-16(11-13-17)15-8-5-4-6-9-15/h4-6,8-14H,3,7H2,1-2H3,(H,21,23,24)/t14-/m0/s1. The van der Waals surface area contributed by atoms with E-state index in [1.807, 2.05) is 42.5 Å². The molecule has 3 rings (SSSR count). The van der Waals surface area contributed by atoms with Crippen LogP contribution in [0, 0.1) is 0 Å². The molecule has 1 heterocycles. The van der Waals surface area contributed by atoms with E-state index in [0.29, 0.717) is 16.6 Å². The molecule has 128 valence electrons. The van der Waals surface area contributed by atoms with Gasteiger partial charge in [-0.2, -0.15) is 0 Å². The molecule has 1 N–H and O–H groups in total. The van der Waals surface area contributed by atoms with Gasteiger partial charge in [0.05, 0.1) is 0 Å². The van der Waals surface area contributed by atoms with Crippen molar-refractivity contribution in [2.75, 3.05) is 5.32 Å². The van der Waals surface area contributed by atoms with E-state index in [4.69, 9.17) is 0 Å². The van der Waals surface area contributed by atoms with Gasteiger partial charge in [0.25, 0.3) is 5.91 Å². The zero-order valence-electron chi connectivity index (χ0n) is 14.4. The molecular formula is C20H21N3OS. The Morgan fingerprint density at radius 3 is 2.40 bits per heavy atom. The molecule has 0 radical (unpaired) electrons. The Bertz CT molecular complexity index is 828. The van der Waals surface area contributed by atoms with Crippen molar-refractivity contribution < 1.29 is 4.79 Å². The van der Waals surface area contributed by atoms with Gasteiger partial charge >= 0.3 is 0 Å². The van der Waals surface area contributed by atoms with Crippen LogP contribution in [0.1, 0.15) is 48.0 Å². The van der Waals surface area contributed by atoms with Gasteiger partial charge in [-0.25, -0.2) is 0 Å². The fourth-order valence-corrected chi connectivity index (χ4v) is 3.48. The van der Waals surface area contributed by atoms with Gasteiger partial charge in [0, 0.05) is 11.5 Å². The molecule has 0 aliphatic heterocycles. The fraction of sp³-hybridized carbons (Fsp3) is 0.250. The Kier molecular flexibility index (Phi) is 5.56. The highest BCUT2D eigenvalue weighted by molar-refractivity contribution is 7.15. The second-order valence-electron chi connectivity index (χ2n) is 6.03. The summed E-state index contributed by atoms with van der Waals surface area (Å²) in [4.78, 5) is 12.4. The topological polar surface area (TPSA) is 54.9 Å². The van der Waals surface area contributed by atoms with Gasteiger partial charge in [-0.15, -0.1) is 10.2 Å². The van der Waals surface area contributed by atoms with E-state index in [2.05, 4.69) is 41.5 Å². The summed E-state index contributed by atoms with van der Waals surface area (Å²) in [6.45, 7) is 4.29. The van der Waals surface area contributed by atoms with E-state index in [1.54, 1.807) is 0 Å². The lowest BCUT2D eigenvalue weighted by Gasteiger charge is -2.05. The smallest absolute Gasteiger partial charge is 0.257 e. The quantitative estimate of drug-likeness (QED) is 0.650. The molecule has 4 nitrogen and oxygen atoms in total. The first-order chi connectivity index (χ1) is 12.2. The first-order valence-electron chi connectivity index (χ1n) is 8.47. The summed E-state index contributed by atoms with van der Waals surface area (Å²) in [6.07, 6.45) is 2.18. The van der Waals surface area contributed by atoms with Crippen molar-refractivity contribution in [3.8, 4) is 11.1 Å². The molecule has 0 saturated carbocycles. The SMILES string of the molecule is CCC[C@H](C)c1nnc(NC(=O)c2ccc(-c3ccccc3)cc2)s1. The first kappa shape index (κ1) is 17.3. The highest BCUT2D eigenvalue weighted by atomic mass is 32.1. The Labute approximate surface area is 151 Å². The maximum absolute atomic E-state index is 12.4. The first-order valence-corrected chi connectivity index (χ1v) is 9.29. The third-order valence-corrected chi connectivity index (χ3v) is 5.13. The molecular weight excluding hydrogens is 330 g/mol.